The number of fused-ring (bicyclic) bond motifs is 1. The van der Waals surface area contributed by atoms with Gasteiger partial charge in [0.2, 0.25) is 5.91 Å². The zero-order chi connectivity index (χ0) is 21.6. The molecular weight excluding hydrogens is 386 g/mol. The molecule has 0 fully saturated rings. The zero-order valence-electron chi connectivity index (χ0n) is 17.5. The van der Waals surface area contributed by atoms with E-state index in [-0.39, 0.29) is 11.8 Å². The highest BCUT2D eigenvalue weighted by Crippen LogP contribution is 2.32. The average Bonchev–Trinajstić information content (AvgIpc) is 3.09. The summed E-state index contributed by atoms with van der Waals surface area (Å²) in [7, 11) is 0. The minimum absolute atomic E-state index is 0.128. The Balaban J connectivity index is 1.48. The van der Waals surface area contributed by atoms with Gasteiger partial charge in [-0.05, 0) is 41.5 Å². The van der Waals surface area contributed by atoms with E-state index in [1.165, 1.54) is 0 Å². The Labute approximate surface area is 183 Å². The van der Waals surface area contributed by atoms with Gasteiger partial charge in [0.05, 0.1) is 18.2 Å². The third-order valence-electron chi connectivity index (χ3n) is 6.07. The lowest BCUT2D eigenvalue weighted by molar-refractivity contribution is -0.127. The molecule has 3 aromatic carbocycles. The van der Waals surface area contributed by atoms with E-state index in [0.717, 1.165) is 22.3 Å². The number of amides is 1. The maximum absolute atomic E-state index is 13.3. The molecule has 1 aliphatic carbocycles. The largest absolute Gasteiger partial charge is 0.393 e. The molecule has 4 rings (SSSR count). The van der Waals surface area contributed by atoms with Crippen molar-refractivity contribution in [3.63, 3.8) is 0 Å². The van der Waals surface area contributed by atoms with Crippen LogP contribution >= 0.6 is 0 Å². The zero-order valence-corrected chi connectivity index (χ0v) is 17.5. The first-order valence-electron chi connectivity index (χ1n) is 10.9. The van der Waals surface area contributed by atoms with Crippen LogP contribution in [-0.2, 0) is 24.1 Å². The fraction of sp³-hybridized carbons (Fsp3) is 0.296. The Bertz CT molecular complexity index is 990. The Morgan fingerprint density at radius 1 is 0.871 bits per heavy atom. The van der Waals surface area contributed by atoms with E-state index in [4.69, 9.17) is 0 Å². The van der Waals surface area contributed by atoms with Crippen molar-refractivity contribution in [3.05, 3.63) is 107 Å². The number of rotatable bonds is 8. The summed E-state index contributed by atoms with van der Waals surface area (Å²) in [5, 5.41) is 24.4. The highest BCUT2D eigenvalue weighted by Gasteiger charge is 2.34. The predicted molar refractivity (Wildman–Crippen MR) is 121 cm³/mol. The van der Waals surface area contributed by atoms with Crippen molar-refractivity contribution in [2.45, 2.75) is 43.9 Å². The molecule has 1 amide bonds. The molecule has 4 nitrogen and oxygen atoms in total. The normalized spacial score (nSPS) is 19.4. The molecule has 160 valence electrons. The SMILES string of the molecule is O=C(N[C@H]1c2ccccc2C[C@H]1O)[C@H](Cc1ccccc1)C[C@H](O)Cc1ccccc1. The number of nitrogens with one attached hydrogen (secondary N) is 1. The van der Waals surface area contributed by atoms with E-state index in [9.17, 15) is 15.0 Å². The van der Waals surface area contributed by atoms with Gasteiger partial charge in [0.1, 0.15) is 0 Å². The fourth-order valence-electron chi connectivity index (χ4n) is 4.50. The van der Waals surface area contributed by atoms with Gasteiger partial charge in [-0.15, -0.1) is 0 Å². The summed E-state index contributed by atoms with van der Waals surface area (Å²) in [4.78, 5) is 13.3. The van der Waals surface area contributed by atoms with Gasteiger partial charge in [0.25, 0.3) is 0 Å². The Hall–Kier alpha value is -2.95. The summed E-state index contributed by atoms with van der Waals surface area (Å²) in [5.41, 5.74) is 4.16. The quantitative estimate of drug-likeness (QED) is 0.526. The second kappa shape index (κ2) is 9.90. The standard InChI is InChI=1S/C27H29NO3/c29-23(16-20-11-5-2-6-12-20)17-22(15-19-9-3-1-4-10-19)27(31)28-26-24-14-8-7-13-21(24)18-25(26)30/h1-14,22-23,25-26,29-30H,15-18H2,(H,28,31)/t22-,23-,25-,26+/m1/s1. The van der Waals surface area contributed by atoms with Gasteiger partial charge in [0, 0.05) is 12.3 Å². The molecule has 0 radical (unpaired) electrons. The van der Waals surface area contributed by atoms with Gasteiger partial charge in [0.15, 0.2) is 0 Å². The maximum Gasteiger partial charge on any atom is 0.224 e. The fourth-order valence-corrected chi connectivity index (χ4v) is 4.50. The van der Waals surface area contributed by atoms with Gasteiger partial charge in [-0.3, -0.25) is 4.79 Å². The highest BCUT2D eigenvalue weighted by atomic mass is 16.3. The molecule has 4 atom stereocenters. The highest BCUT2D eigenvalue weighted by molar-refractivity contribution is 5.79. The molecule has 0 unspecified atom stereocenters. The Morgan fingerprint density at radius 3 is 2.13 bits per heavy atom. The summed E-state index contributed by atoms with van der Waals surface area (Å²) in [6, 6.07) is 27.1. The molecular formula is C27H29NO3. The molecule has 0 aliphatic heterocycles. The molecule has 4 heteroatoms. The van der Waals surface area contributed by atoms with Crippen molar-refractivity contribution in [1.29, 1.82) is 0 Å². The lowest BCUT2D eigenvalue weighted by Crippen LogP contribution is -2.39. The van der Waals surface area contributed by atoms with Crippen LogP contribution in [0.5, 0.6) is 0 Å². The smallest absolute Gasteiger partial charge is 0.224 e. The number of carbonyl (C=O) groups excluding carboxylic acids is 1. The van der Waals surface area contributed by atoms with Crippen LogP contribution in [0.15, 0.2) is 84.9 Å². The summed E-state index contributed by atoms with van der Waals surface area (Å²) < 4.78 is 0. The predicted octanol–water partition coefficient (Wildman–Crippen LogP) is 3.61. The number of carbonyl (C=O) groups is 1. The van der Waals surface area contributed by atoms with Crippen LogP contribution < -0.4 is 5.32 Å². The van der Waals surface area contributed by atoms with E-state index in [2.05, 4.69) is 5.32 Å². The first-order valence-corrected chi connectivity index (χ1v) is 10.9. The number of benzene rings is 3. The van der Waals surface area contributed by atoms with Gasteiger partial charge >= 0.3 is 0 Å². The molecule has 0 bridgehead atoms. The van der Waals surface area contributed by atoms with E-state index in [1.54, 1.807) is 0 Å². The second-order valence-corrected chi connectivity index (χ2v) is 8.42. The maximum atomic E-state index is 13.3. The minimum atomic E-state index is -0.632. The first-order chi connectivity index (χ1) is 15.1. The molecule has 0 aromatic heterocycles. The summed E-state index contributed by atoms with van der Waals surface area (Å²) in [5.74, 6) is -0.516. The van der Waals surface area contributed by atoms with E-state index >= 15 is 0 Å². The van der Waals surface area contributed by atoms with Crippen LogP contribution in [0.3, 0.4) is 0 Å². The number of aliphatic hydroxyl groups excluding tert-OH is 2. The Kier molecular flexibility index (Phi) is 6.80. The van der Waals surface area contributed by atoms with Crippen LogP contribution in [0, 0.1) is 5.92 Å². The monoisotopic (exact) mass is 415 g/mol. The Morgan fingerprint density at radius 2 is 1.45 bits per heavy atom. The van der Waals surface area contributed by atoms with Gasteiger partial charge in [-0.1, -0.05) is 84.9 Å². The van der Waals surface area contributed by atoms with Crippen LogP contribution in [0.2, 0.25) is 0 Å². The van der Waals surface area contributed by atoms with Gasteiger partial charge < -0.3 is 15.5 Å². The van der Waals surface area contributed by atoms with Crippen molar-refractivity contribution < 1.29 is 15.0 Å². The molecule has 3 aromatic rings. The summed E-state index contributed by atoms with van der Waals surface area (Å²) >= 11 is 0. The van der Waals surface area contributed by atoms with Crippen molar-refractivity contribution in [2.24, 2.45) is 5.92 Å². The van der Waals surface area contributed by atoms with Crippen molar-refractivity contribution in [1.82, 2.24) is 5.32 Å². The van der Waals surface area contributed by atoms with Crippen LogP contribution in [0.25, 0.3) is 0 Å². The lowest BCUT2D eigenvalue weighted by Gasteiger charge is -2.24. The summed E-state index contributed by atoms with van der Waals surface area (Å²) in [6.45, 7) is 0. The minimum Gasteiger partial charge on any atom is -0.393 e. The van der Waals surface area contributed by atoms with Crippen molar-refractivity contribution >= 4 is 5.91 Å². The summed E-state index contributed by atoms with van der Waals surface area (Å²) in [6.07, 6.45) is 0.703. The lowest BCUT2D eigenvalue weighted by atomic mass is 9.90. The van der Waals surface area contributed by atoms with E-state index in [0.29, 0.717) is 25.7 Å². The van der Waals surface area contributed by atoms with Crippen molar-refractivity contribution in [3.8, 4) is 0 Å². The average molecular weight is 416 g/mol. The first kappa shape index (κ1) is 21.3. The number of hydrogen-bond acceptors (Lipinski definition) is 3. The third kappa shape index (κ3) is 5.40. The van der Waals surface area contributed by atoms with E-state index < -0.39 is 18.2 Å². The molecule has 3 N–H and O–H groups in total. The third-order valence-corrected chi connectivity index (χ3v) is 6.07. The molecule has 0 spiro atoms. The number of hydrogen-bond donors (Lipinski definition) is 3. The van der Waals surface area contributed by atoms with Crippen LogP contribution in [0.4, 0.5) is 0 Å². The van der Waals surface area contributed by atoms with Crippen LogP contribution in [0.1, 0.15) is 34.7 Å². The van der Waals surface area contributed by atoms with Crippen molar-refractivity contribution in [2.75, 3.05) is 0 Å². The molecule has 1 aliphatic rings. The van der Waals surface area contributed by atoms with Gasteiger partial charge in [-0.2, -0.15) is 0 Å². The molecule has 31 heavy (non-hydrogen) atoms. The molecule has 0 heterocycles. The number of aliphatic hydroxyl groups is 2. The topological polar surface area (TPSA) is 69.6 Å². The second-order valence-electron chi connectivity index (χ2n) is 8.42. The van der Waals surface area contributed by atoms with Gasteiger partial charge in [-0.25, -0.2) is 0 Å². The molecule has 0 saturated heterocycles. The van der Waals surface area contributed by atoms with E-state index in [1.807, 2.05) is 84.9 Å². The molecule has 0 saturated carbocycles. The van der Waals surface area contributed by atoms with Crippen LogP contribution in [-0.4, -0.2) is 28.3 Å².